The summed E-state index contributed by atoms with van der Waals surface area (Å²) in [5.74, 6) is -2.42. The van der Waals surface area contributed by atoms with Gasteiger partial charge >= 0.3 is 12.1 Å². The summed E-state index contributed by atoms with van der Waals surface area (Å²) in [7, 11) is 0. The molecule has 1 heterocycles. The Bertz CT molecular complexity index is 1040. The van der Waals surface area contributed by atoms with E-state index in [-0.39, 0.29) is 38.2 Å². The first-order valence-corrected chi connectivity index (χ1v) is 12.2. The molecule has 2 aromatic carbocycles. The van der Waals surface area contributed by atoms with Gasteiger partial charge in [0, 0.05) is 19.0 Å². The number of benzene rings is 2. The monoisotopic (exact) mass is 480 g/mol. The fourth-order valence-corrected chi connectivity index (χ4v) is 5.14. The smallest absolute Gasteiger partial charge is 0.407 e. The quantitative estimate of drug-likeness (QED) is 0.569. The molecular formula is C27H32N2O6. The van der Waals surface area contributed by atoms with Crippen LogP contribution in [0.15, 0.2) is 48.5 Å². The van der Waals surface area contributed by atoms with Crippen LogP contribution in [-0.4, -0.2) is 66.9 Å². The largest absolute Gasteiger partial charge is 0.481 e. The lowest BCUT2D eigenvalue weighted by molar-refractivity contribution is -0.146. The van der Waals surface area contributed by atoms with Crippen LogP contribution in [-0.2, 0) is 19.1 Å². The number of alkyl carbamates (subject to hydrolysis) is 1. The van der Waals surface area contributed by atoms with E-state index in [1.165, 1.54) is 0 Å². The van der Waals surface area contributed by atoms with Crippen molar-refractivity contribution in [3.8, 4) is 11.1 Å². The van der Waals surface area contributed by atoms with Gasteiger partial charge in [-0.25, -0.2) is 4.79 Å². The van der Waals surface area contributed by atoms with E-state index >= 15 is 0 Å². The molecule has 1 aliphatic heterocycles. The van der Waals surface area contributed by atoms with Crippen LogP contribution in [0.1, 0.15) is 37.3 Å². The van der Waals surface area contributed by atoms with Gasteiger partial charge in [-0.1, -0.05) is 55.5 Å². The zero-order chi connectivity index (χ0) is 24.9. The highest BCUT2D eigenvalue weighted by Crippen LogP contribution is 2.44. The van der Waals surface area contributed by atoms with Gasteiger partial charge < -0.3 is 24.8 Å². The third-order valence-electron chi connectivity index (χ3n) is 7.07. The molecule has 2 aromatic rings. The maximum Gasteiger partial charge on any atom is 0.407 e. The van der Waals surface area contributed by atoms with Crippen LogP contribution in [0.5, 0.6) is 0 Å². The first-order chi connectivity index (χ1) is 17.0. The second kappa shape index (κ2) is 10.9. The van der Waals surface area contributed by atoms with E-state index in [0.717, 1.165) is 22.3 Å². The third-order valence-corrected chi connectivity index (χ3v) is 7.07. The predicted octanol–water partition coefficient (Wildman–Crippen LogP) is 3.50. The molecule has 1 aliphatic carbocycles. The summed E-state index contributed by atoms with van der Waals surface area (Å²) < 4.78 is 10.9. The number of ether oxygens (including phenoxy) is 2. The Balaban J connectivity index is 1.35. The molecule has 2 amide bonds. The first kappa shape index (κ1) is 24.7. The van der Waals surface area contributed by atoms with E-state index in [4.69, 9.17) is 9.47 Å². The number of hydrogen-bond acceptors (Lipinski definition) is 5. The molecule has 4 rings (SSSR count). The van der Waals surface area contributed by atoms with Crippen molar-refractivity contribution in [2.45, 2.75) is 32.2 Å². The van der Waals surface area contributed by atoms with Crippen LogP contribution in [0.4, 0.5) is 4.79 Å². The minimum absolute atomic E-state index is 0.0392. The van der Waals surface area contributed by atoms with E-state index in [9.17, 15) is 19.5 Å². The maximum atomic E-state index is 13.2. The van der Waals surface area contributed by atoms with Crippen molar-refractivity contribution >= 4 is 18.0 Å². The molecule has 3 atom stereocenters. The molecule has 3 unspecified atom stereocenters. The topological polar surface area (TPSA) is 105 Å². The normalized spacial score (nSPS) is 19.5. The number of nitrogens with one attached hydrogen (secondary N) is 1. The molecular weight excluding hydrogens is 448 g/mol. The fourth-order valence-electron chi connectivity index (χ4n) is 5.14. The zero-order valence-corrected chi connectivity index (χ0v) is 20.1. The standard InChI is InChI=1S/C27H32N2O6/c1-3-17(25(30)29(4-2)24-16-34-14-23(24)26(31)32)13-28-27(33)35-15-22-20-11-7-5-9-18(20)19-10-6-8-12-21(19)22/h5-12,17,22-24H,3-4,13-16H2,1-2H3,(H,28,33)(H,31,32). The van der Waals surface area contributed by atoms with E-state index in [1.807, 2.05) is 38.1 Å². The average Bonchev–Trinajstić information content (AvgIpc) is 3.47. The molecule has 35 heavy (non-hydrogen) atoms. The highest BCUT2D eigenvalue weighted by Gasteiger charge is 2.40. The molecule has 0 saturated carbocycles. The van der Waals surface area contributed by atoms with Gasteiger partial charge in [-0.05, 0) is 35.6 Å². The number of fused-ring (bicyclic) bond motifs is 3. The summed E-state index contributed by atoms with van der Waals surface area (Å²) in [5, 5.41) is 12.2. The second-order valence-electron chi connectivity index (χ2n) is 8.99. The number of hydrogen-bond donors (Lipinski definition) is 2. The van der Waals surface area contributed by atoms with Crippen molar-refractivity contribution in [2.75, 3.05) is 32.9 Å². The molecule has 2 aliphatic rings. The molecule has 2 N–H and O–H groups in total. The molecule has 1 fully saturated rings. The van der Waals surface area contributed by atoms with Crippen LogP contribution in [0.3, 0.4) is 0 Å². The Morgan fingerprint density at radius 3 is 2.26 bits per heavy atom. The minimum atomic E-state index is -0.969. The predicted molar refractivity (Wildman–Crippen MR) is 130 cm³/mol. The average molecular weight is 481 g/mol. The van der Waals surface area contributed by atoms with Gasteiger partial charge in [0.1, 0.15) is 12.5 Å². The Hall–Kier alpha value is -3.39. The number of carboxylic acid groups (broad SMARTS) is 1. The zero-order valence-electron chi connectivity index (χ0n) is 20.1. The Morgan fingerprint density at radius 2 is 1.69 bits per heavy atom. The van der Waals surface area contributed by atoms with Gasteiger partial charge in [-0.15, -0.1) is 0 Å². The summed E-state index contributed by atoms with van der Waals surface area (Å²) in [6, 6.07) is 15.7. The third kappa shape index (κ3) is 5.03. The van der Waals surface area contributed by atoms with Crippen molar-refractivity contribution in [2.24, 2.45) is 11.8 Å². The number of nitrogens with zero attached hydrogens (tertiary/aromatic N) is 1. The van der Waals surface area contributed by atoms with Crippen molar-refractivity contribution in [3.05, 3.63) is 59.7 Å². The first-order valence-electron chi connectivity index (χ1n) is 12.2. The lowest BCUT2D eigenvalue weighted by Crippen LogP contribution is -2.50. The second-order valence-corrected chi connectivity index (χ2v) is 8.99. The SMILES string of the molecule is CCC(CNC(=O)OCC1c2ccccc2-c2ccccc21)C(=O)N(CC)C1COCC1C(=O)O. The molecule has 0 radical (unpaired) electrons. The Kier molecular flexibility index (Phi) is 7.70. The number of carboxylic acids is 1. The van der Waals surface area contributed by atoms with Crippen LogP contribution >= 0.6 is 0 Å². The van der Waals surface area contributed by atoms with E-state index < -0.39 is 29.9 Å². The minimum Gasteiger partial charge on any atom is -0.481 e. The number of carbonyl (C=O) groups excluding carboxylic acids is 2. The van der Waals surface area contributed by atoms with E-state index in [0.29, 0.717) is 13.0 Å². The maximum absolute atomic E-state index is 13.2. The van der Waals surface area contributed by atoms with Crippen molar-refractivity contribution in [1.29, 1.82) is 0 Å². The molecule has 8 heteroatoms. The van der Waals surface area contributed by atoms with Gasteiger partial charge in [0.05, 0.1) is 25.2 Å². The molecule has 0 aromatic heterocycles. The summed E-state index contributed by atoms with van der Waals surface area (Å²) in [5.41, 5.74) is 4.58. The Morgan fingerprint density at radius 1 is 1.06 bits per heavy atom. The van der Waals surface area contributed by atoms with Gasteiger partial charge in [-0.2, -0.15) is 0 Å². The van der Waals surface area contributed by atoms with E-state index in [2.05, 4.69) is 29.6 Å². The highest BCUT2D eigenvalue weighted by molar-refractivity contribution is 5.82. The van der Waals surface area contributed by atoms with Crippen LogP contribution in [0.25, 0.3) is 11.1 Å². The molecule has 0 bridgehead atoms. The molecule has 186 valence electrons. The van der Waals surface area contributed by atoms with Crippen molar-refractivity contribution in [1.82, 2.24) is 10.2 Å². The van der Waals surface area contributed by atoms with E-state index in [1.54, 1.807) is 4.90 Å². The van der Waals surface area contributed by atoms with Crippen molar-refractivity contribution in [3.63, 3.8) is 0 Å². The number of amides is 2. The van der Waals surface area contributed by atoms with Gasteiger partial charge in [0.15, 0.2) is 0 Å². The van der Waals surface area contributed by atoms with Gasteiger partial charge in [-0.3, -0.25) is 9.59 Å². The summed E-state index contributed by atoms with van der Waals surface area (Å²) in [6.45, 7) is 4.68. The summed E-state index contributed by atoms with van der Waals surface area (Å²) in [4.78, 5) is 38.9. The lowest BCUT2D eigenvalue weighted by Gasteiger charge is -2.32. The van der Waals surface area contributed by atoms with Crippen LogP contribution in [0, 0.1) is 11.8 Å². The van der Waals surface area contributed by atoms with Crippen LogP contribution in [0.2, 0.25) is 0 Å². The Labute approximate surface area is 205 Å². The molecule has 8 nitrogen and oxygen atoms in total. The van der Waals surface area contributed by atoms with Crippen molar-refractivity contribution < 1.29 is 29.0 Å². The molecule has 0 spiro atoms. The number of carbonyl (C=O) groups is 3. The highest BCUT2D eigenvalue weighted by atomic mass is 16.5. The lowest BCUT2D eigenvalue weighted by atomic mass is 9.98. The molecule has 1 saturated heterocycles. The van der Waals surface area contributed by atoms with Gasteiger partial charge in [0.25, 0.3) is 0 Å². The number of aliphatic carboxylic acids is 1. The van der Waals surface area contributed by atoms with Gasteiger partial charge in [0.2, 0.25) is 5.91 Å². The number of rotatable bonds is 9. The summed E-state index contributed by atoms with van der Waals surface area (Å²) in [6.07, 6.45) is -0.0709. The summed E-state index contributed by atoms with van der Waals surface area (Å²) >= 11 is 0. The van der Waals surface area contributed by atoms with Crippen LogP contribution < -0.4 is 5.32 Å². The number of likely N-dealkylation sites (N-methyl/N-ethyl adjacent to an activating group) is 1. The fraction of sp³-hybridized carbons (Fsp3) is 0.444.